The molecule has 4 heterocycles. The maximum Gasteiger partial charge on any atom is 0.273 e. The van der Waals surface area contributed by atoms with E-state index in [0.717, 1.165) is 49.5 Å². The summed E-state index contributed by atoms with van der Waals surface area (Å²) in [5, 5.41) is 10.3. The van der Waals surface area contributed by atoms with Gasteiger partial charge in [0.25, 0.3) is 5.91 Å². The van der Waals surface area contributed by atoms with E-state index >= 15 is 0 Å². The highest BCUT2D eigenvalue weighted by atomic mass is 32.1. The van der Waals surface area contributed by atoms with Crippen molar-refractivity contribution in [2.75, 3.05) is 13.1 Å². The number of fused-ring (bicyclic) bond motifs is 1. The minimum absolute atomic E-state index is 0.0164. The average Bonchev–Trinajstić information content (AvgIpc) is 3.35. The van der Waals surface area contributed by atoms with Gasteiger partial charge in [-0.05, 0) is 32.6 Å². The molecular formula is C19H24N6O2S. The van der Waals surface area contributed by atoms with Gasteiger partial charge in [0.2, 0.25) is 5.91 Å². The molecule has 1 saturated heterocycles. The van der Waals surface area contributed by atoms with Crippen LogP contribution < -0.4 is 5.32 Å². The van der Waals surface area contributed by atoms with Crippen LogP contribution >= 0.6 is 11.3 Å². The first-order chi connectivity index (χ1) is 13.6. The number of aryl methyl sites for hydroxylation is 2. The van der Waals surface area contributed by atoms with Crippen LogP contribution in [-0.4, -0.2) is 49.6 Å². The van der Waals surface area contributed by atoms with Crippen LogP contribution in [0.1, 0.15) is 59.5 Å². The number of hydrogen-bond donors (Lipinski definition) is 1. The standard InChI is InChI=1S/C19H24N6O2S/c1-12-22-14(9-28-12)18(27)24-7-5-19(10-24)6-8-25-16(20-11-21-25)15(19)23-17(26)13-3-2-4-13/h9,11,13,15H,2-8,10H2,1H3,(H,23,26)/t15-,19+/m1/s1. The van der Waals surface area contributed by atoms with E-state index < -0.39 is 0 Å². The van der Waals surface area contributed by atoms with Crippen molar-refractivity contribution in [1.82, 2.24) is 30.0 Å². The third-order valence-electron chi connectivity index (χ3n) is 6.61. The first-order valence-electron chi connectivity index (χ1n) is 9.95. The van der Waals surface area contributed by atoms with E-state index in [-0.39, 0.29) is 29.2 Å². The smallest absolute Gasteiger partial charge is 0.273 e. The highest BCUT2D eigenvalue weighted by molar-refractivity contribution is 7.09. The van der Waals surface area contributed by atoms with Crippen LogP contribution in [0.15, 0.2) is 11.7 Å². The summed E-state index contributed by atoms with van der Waals surface area (Å²) < 4.78 is 1.89. The Balaban J connectivity index is 1.40. The molecule has 148 valence electrons. The zero-order chi connectivity index (χ0) is 19.3. The molecule has 2 aliphatic heterocycles. The predicted molar refractivity (Wildman–Crippen MR) is 103 cm³/mol. The molecule has 8 nitrogen and oxygen atoms in total. The SMILES string of the molecule is Cc1nc(C(=O)N2CC[C@]3(CCn4ncnc4[C@H]3NC(=O)C3CCC3)C2)cs1. The van der Waals surface area contributed by atoms with Crippen molar-refractivity contribution in [3.8, 4) is 0 Å². The lowest BCUT2D eigenvalue weighted by molar-refractivity contribution is -0.129. The van der Waals surface area contributed by atoms with Gasteiger partial charge in [0, 0.05) is 36.3 Å². The normalized spacial score (nSPS) is 26.9. The molecule has 0 radical (unpaired) electrons. The van der Waals surface area contributed by atoms with Crippen LogP contribution in [0, 0.1) is 18.3 Å². The van der Waals surface area contributed by atoms with E-state index in [0.29, 0.717) is 18.8 Å². The lowest BCUT2D eigenvalue weighted by Crippen LogP contribution is -2.49. The Labute approximate surface area is 167 Å². The summed E-state index contributed by atoms with van der Waals surface area (Å²) in [6.45, 7) is 3.97. The van der Waals surface area contributed by atoms with Gasteiger partial charge in [0.15, 0.2) is 0 Å². The Morgan fingerprint density at radius 1 is 1.29 bits per heavy atom. The molecule has 2 fully saturated rings. The van der Waals surface area contributed by atoms with Crippen molar-refractivity contribution in [1.29, 1.82) is 0 Å². The number of nitrogens with zero attached hydrogens (tertiary/aromatic N) is 5. The van der Waals surface area contributed by atoms with Crippen LogP contribution in [0.25, 0.3) is 0 Å². The maximum absolute atomic E-state index is 12.9. The van der Waals surface area contributed by atoms with Gasteiger partial charge in [-0.2, -0.15) is 5.10 Å². The Morgan fingerprint density at radius 2 is 2.11 bits per heavy atom. The first kappa shape index (κ1) is 17.8. The highest BCUT2D eigenvalue weighted by Gasteiger charge is 2.51. The molecule has 2 atom stereocenters. The molecule has 1 aliphatic carbocycles. The summed E-state index contributed by atoms with van der Waals surface area (Å²) in [7, 11) is 0. The van der Waals surface area contributed by atoms with Gasteiger partial charge in [-0.25, -0.2) is 14.6 Å². The third kappa shape index (κ3) is 2.83. The van der Waals surface area contributed by atoms with Gasteiger partial charge in [-0.15, -0.1) is 11.3 Å². The maximum atomic E-state index is 12.9. The number of carbonyl (C=O) groups excluding carboxylic acids is 2. The summed E-state index contributed by atoms with van der Waals surface area (Å²) in [4.78, 5) is 36.4. The summed E-state index contributed by atoms with van der Waals surface area (Å²) in [5.41, 5.74) is 0.331. The van der Waals surface area contributed by atoms with Gasteiger partial charge in [-0.1, -0.05) is 6.42 Å². The molecule has 1 spiro atoms. The quantitative estimate of drug-likeness (QED) is 0.850. The Kier molecular flexibility index (Phi) is 4.22. The van der Waals surface area contributed by atoms with E-state index in [4.69, 9.17) is 0 Å². The topological polar surface area (TPSA) is 93.0 Å². The lowest BCUT2D eigenvalue weighted by Gasteiger charge is -2.41. The van der Waals surface area contributed by atoms with E-state index in [1.807, 2.05) is 21.9 Å². The molecule has 2 aromatic rings. The van der Waals surface area contributed by atoms with Crippen LogP contribution in [0.2, 0.25) is 0 Å². The fourth-order valence-electron chi connectivity index (χ4n) is 4.70. The molecule has 0 bridgehead atoms. The monoisotopic (exact) mass is 400 g/mol. The molecule has 9 heteroatoms. The second-order valence-corrected chi connectivity index (χ2v) is 9.31. The van der Waals surface area contributed by atoms with E-state index in [2.05, 4.69) is 20.4 Å². The molecule has 0 aromatic carbocycles. The summed E-state index contributed by atoms with van der Waals surface area (Å²) in [6.07, 6.45) is 6.34. The van der Waals surface area contributed by atoms with Crippen molar-refractivity contribution in [2.24, 2.45) is 11.3 Å². The van der Waals surface area contributed by atoms with Crippen molar-refractivity contribution in [2.45, 2.75) is 51.6 Å². The second-order valence-electron chi connectivity index (χ2n) is 8.25. The lowest BCUT2D eigenvalue weighted by atomic mass is 9.73. The van der Waals surface area contributed by atoms with Crippen molar-refractivity contribution in [3.63, 3.8) is 0 Å². The molecule has 1 saturated carbocycles. The van der Waals surface area contributed by atoms with Gasteiger partial charge in [0.1, 0.15) is 17.8 Å². The van der Waals surface area contributed by atoms with Crippen molar-refractivity contribution < 1.29 is 9.59 Å². The van der Waals surface area contributed by atoms with Crippen LogP contribution in [-0.2, 0) is 11.3 Å². The van der Waals surface area contributed by atoms with Gasteiger partial charge >= 0.3 is 0 Å². The minimum atomic E-state index is -0.202. The summed E-state index contributed by atoms with van der Waals surface area (Å²) in [6, 6.07) is -0.202. The Morgan fingerprint density at radius 3 is 2.82 bits per heavy atom. The van der Waals surface area contributed by atoms with Gasteiger partial charge < -0.3 is 10.2 Å². The largest absolute Gasteiger partial charge is 0.345 e. The number of nitrogens with one attached hydrogen (secondary N) is 1. The molecule has 1 N–H and O–H groups in total. The molecule has 28 heavy (non-hydrogen) atoms. The predicted octanol–water partition coefficient (Wildman–Crippen LogP) is 1.94. The summed E-state index contributed by atoms with van der Waals surface area (Å²) in [5.74, 6) is 1.04. The average molecular weight is 401 g/mol. The molecule has 3 aliphatic rings. The van der Waals surface area contributed by atoms with Crippen molar-refractivity contribution in [3.05, 3.63) is 28.2 Å². The number of rotatable bonds is 3. The minimum Gasteiger partial charge on any atom is -0.345 e. The fraction of sp³-hybridized carbons (Fsp3) is 0.632. The zero-order valence-electron chi connectivity index (χ0n) is 15.9. The molecule has 2 aromatic heterocycles. The van der Waals surface area contributed by atoms with E-state index in [1.165, 1.54) is 11.3 Å². The molecule has 5 rings (SSSR count). The number of hydrogen-bond acceptors (Lipinski definition) is 6. The number of aromatic nitrogens is 4. The molecule has 0 unspecified atom stereocenters. The fourth-order valence-corrected chi connectivity index (χ4v) is 5.28. The van der Waals surface area contributed by atoms with Gasteiger partial charge in [-0.3, -0.25) is 9.59 Å². The number of amides is 2. The van der Waals surface area contributed by atoms with Crippen molar-refractivity contribution >= 4 is 23.2 Å². The number of likely N-dealkylation sites (tertiary alicyclic amines) is 1. The van der Waals surface area contributed by atoms with Crippen LogP contribution in [0.5, 0.6) is 0 Å². The molecule has 2 amide bonds. The van der Waals surface area contributed by atoms with Gasteiger partial charge in [0.05, 0.1) is 11.0 Å². The van der Waals surface area contributed by atoms with Crippen LogP contribution in [0.3, 0.4) is 0 Å². The summed E-state index contributed by atoms with van der Waals surface area (Å²) >= 11 is 1.49. The first-order valence-corrected chi connectivity index (χ1v) is 10.8. The second kappa shape index (κ2) is 6.65. The third-order valence-corrected chi connectivity index (χ3v) is 7.38. The Hall–Kier alpha value is -2.29. The number of carbonyl (C=O) groups is 2. The Bertz CT molecular complexity index is 919. The zero-order valence-corrected chi connectivity index (χ0v) is 16.7. The van der Waals surface area contributed by atoms with Crippen LogP contribution in [0.4, 0.5) is 0 Å². The number of thiazole rings is 1. The molecular weight excluding hydrogens is 376 g/mol. The van der Waals surface area contributed by atoms with E-state index in [9.17, 15) is 9.59 Å². The highest BCUT2D eigenvalue weighted by Crippen LogP contribution is 2.48. The van der Waals surface area contributed by atoms with E-state index in [1.54, 1.807) is 6.33 Å².